The van der Waals surface area contributed by atoms with Crippen LogP contribution >= 0.6 is 0 Å². The van der Waals surface area contributed by atoms with E-state index in [1.165, 1.54) is 4.90 Å². The van der Waals surface area contributed by atoms with E-state index in [-0.39, 0.29) is 31.0 Å². The average molecular weight is 546 g/mol. The summed E-state index contributed by atoms with van der Waals surface area (Å²) in [6, 6.07) is 10.2. The molecule has 2 unspecified atom stereocenters. The second kappa shape index (κ2) is 10.9. The van der Waals surface area contributed by atoms with Crippen LogP contribution in [-0.2, 0) is 33.0 Å². The molecule has 2 aromatic carbocycles. The number of likely N-dealkylation sites (tertiary alicyclic amines) is 1. The Morgan fingerprint density at radius 3 is 1.97 bits per heavy atom. The summed E-state index contributed by atoms with van der Waals surface area (Å²) in [5.41, 5.74) is -3.31. The molecule has 2 aromatic rings. The van der Waals surface area contributed by atoms with Crippen LogP contribution in [0.1, 0.15) is 55.9 Å². The lowest BCUT2D eigenvalue weighted by Gasteiger charge is -2.25. The third-order valence-corrected chi connectivity index (χ3v) is 6.16. The number of alkyl halides is 6. The van der Waals surface area contributed by atoms with Crippen molar-refractivity contribution in [1.82, 2.24) is 4.90 Å². The molecule has 1 aliphatic rings. The minimum Gasteiger partial charge on any atom is -0.462 e. The Morgan fingerprint density at radius 2 is 1.47 bits per heavy atom. The summed E-state index contributed by atoms with van der Waals surface area (Å²) in [6.45, 7) is 7.25. The van der Waals surface area contributed by atoms with Crippen LogP contribution in [-0.4, -0.2) is 41.8 Å². The predicted molar refractivity (Wildman–Crippen MR) is 126 cm³/mol. The van der Waals surface area contributed by atoms with Crippen LogP contribution in [0.3, 0.4) is 0 Å². The monoisotopic (exact) mass is 545 g/mol. The van der Waals surface area contributed by atoms with E-state index in [0.29, 0.717) is 12.1 Å². The molecule has 1 amide bonds. The topological polar surface area (TPSA) is 55.8 Å². The number of ether oxygens (including phenoxy) is 2. The van der Waals surface area contributed by atoms with Crippen molar-refractivity contribution in [3.05, 3.63) is 70.8 Å². The SMILES string of the molecule is CC(OC(=O)Cc1cc(C(F)(F)F)cc(C(F)(F)F)c1)[C@@H]1CN(C(=O)OC(C)(C)C)CC1c1ccccc1. The standard InChI is InChI=1S/C27H29F6NO4/c1-16(37-23(35)12-17-10-19(26(28,29)30)13-20(11-17)27(31,32)33)21-14-34(24(36)38-25(2,3)4)15-22(21)18-8-6-5-7-9-18/h5-11,13,16,21-22H,12,14-15H2,1-4H3/t16?,21-,22?/m0/s1. The first kappa shape index (κ1) is 29.3. The van der Waals surface area contributed by atoms with E-state index >= 15 is 0 Å². The Kier molecular flexibility index (Phi) is 8.38. The van der Waals surface area contributed by atoms with E-state index < -0.39 is 59.2 Å². The van der Waals surface area contributed by atoms with Crippen LogP contribution in [0.4, 0.5) is 31.1 Å². The molecule has 1 aliphatic heterocycles. The van der Waals surface area contributed by atoms with Crippen molar-refractivity contribution in [2.24, 2.45) is 5.92 Å². The van der Waals surface area contributed by atoms with Gasteiger partial charge in [-0.15, -0.1) is 0 Å². The van der Waals surface area contributed by atoms with Gasteiger partial charge in [0.25, 0.3) is 0 Å². The van der Waals surface area contributed by atoms with Crippen LogP contribution in [0.5, 0.6) is 0 Å². The highest BCUT2D eigenvalue weighted by atomic mass is 19.4. The molecule has 0 aliphatic carbocycles. The largest absolute Gasteiger partial charge is 0.462 e. The van der Waals surface area contributed by atoms with Gasteiger partial charge in [0, 0.05) is 24.9 Å². The number of esters is 1. The Balaban J connectivity index is 1.79. The Bertz CT molecular complexity index is 1110. The fourth-order valence-electron chi connectivity index (χ4n) is 4.46. The van der Waals surface area contributed by atoms with Crippen molar-refractivity contribution in [3.63, 3.8) is 0 Å². The van der Waals surface area contributed by atoms with E-state index in [2.05, 4.69) is 0 Å². The minimum atomic E-state index is -5.02. The fourth-order valence-corrected chi connectivity index (χ4v) is 4.46. The third kappa shape index (κ3) is 7.64. The fraction of sp³-hybridized carbons (Fsp3) is 0.481. The number of carbonyl (C=O) groups excluding carboxylic acids is 2. The molecule has 11 heteroatoms. The van der Waals surface area contributed by atoms with Crippen LogP contribution in [0, 0.1) is 5.92 Å². The maximum Gasteiger partial charge on any atom is 0.416 e. The predicted octanol–water partition coefficient (Wildman–Crippen LogP) is 6.85. The summed E-state index contributed by atoms with van der Waals surface area (Å²) in [5, 5.41) is 0. The van der Waals surface area contributed by atoms with E-state index in [0.717, 1.165) is 5.56 Å². The second-order valence-corrected chi connectivity index (χ2v) is 10.4. The van der Waals surface area contributed by atoms with Crippen molar-refractivity contribution >= 4 is 12.1 Å². The number of hydrogen-bond donors (Lipinski definition) is 0. The zero-order chi connectivity index (χ0) is 28.5. The van der Waals surface area contributed by atoms with E-state index in [9.17, 15) is 35.9 Å². The molecule has 38 heavy (non-hydrogen) atoms. The first-order valence-corrected chi connectivity index (χ1v) is 11.9. The van der Waals surface area contributed by atoms with Gasteiger partial charge in [0.05, 0.1) is 17.5 Å². The smallest absolute Gasteiger partial charge is 0.416 e. The molecule has 1 saturated heterocycles. The summed E-state index contributed by atoms with van der Waals surface area (Å²) in [4.78, 5) is 26.9. The Hall–Kier alpha value is -3.24. The van der Waals surface area contributed by atoms with E-state index in [4.69, 9.17) is 9.47 Å². The van der Waals surface area contributed by atoms with Crippen LogP contribution in [0.15, 0.2) is 48.5 Å². The normalized spacial score (nSPS) is 19.3. The van der Waals surface area contributed by atoms with Crippen molar-refractivity contribution < 1.29 is 45.4 Å². The lowest BCUT2D eigenvalue weighted by atomic mass is 9.86. The molecule has 0 bridgehead atoms. The lowest BCUT2D eigenvalue weighted by Crippen LogP contribution is -2.36. The molecule has 1 fully saturated rings. The second-order valence-electron chi connectivity index (χ2n) is 10.4. The lowest BCUT2D eigenvalue weighted by molar-refractivity contribution is -0.150. The molecule has 0 spiro atoms. The molecule has 0 radical (unpaired) electrons. The van der Waals surface area contributed by atoms with Crippen LogP contribution < -0.4 is 0 Å². The molecule has 1 heterocycles. The van der Waals surface area contributed by atoms with E-state index in [1.807, 2.05) is 30.3 Å². The first-order chi connectivity index (χ1) is 17.4. The summed E-state index contributed by atoms with van der Waals surface area (Å²) in [7, 11) is 0. The Labute approximate surface area is 216 Å². The van der Waals surface area contributed by atoms with Gasteiger partial charge in [-0.1, -0.05) is 30.3 Å². The number of hydrogen-bond acceptors (Lipinski definition) is 4. The number of benzene rings is 2. The molecule has 5 nitrogen and oxygen atoms in total. The maximum absolute atomic E-state index is 13.2. The van der Waals surface area contributed by atoms with Gasteiger partial charge in [0.2, 0.25) is 0 Å². The van der Waals surface area contributed by atoms with Crippen molar-refractivity contribution in [2.75, 3.05) is 13.1 Å². The number of halogens is 6. The zero-order valence-electron chi connectivity index (χ0n) is 21.3. The number of rotatable bonds is 5. The summed E-state index contributed by atoms with van der Waals surface area (Å²) in [5.74, 6) is -1.61. The summed E-state index contributed by atoms with van der Waals surface area (Å²) < 4.78 is 90.0. The third-order valence-electron chi connectivity index (χ3n) is 6.16. The molecule has 208 valence electrons. The zero-order valence-corrected chi connectivity index (χ0v) is 21.3. The summed E-state index contributed by atoms with van der Waals surface area (Å²) >= 11 is 0. The van der Waals surface area contributed by atoms with Gasteiger partial charge in [0.1, 0.15) is 11.7 Å². The number of nitrogens with zero attached hydrogens (tertiary/aromatic N) is 1. The number of carbonyl (C=O) groups is 2. The van der Waals surface area contributed by atoms with Gasteiger partial charge < -0.3 is 14.4 Å². The highest BCUT2D eigenvalue weighted by molar-refractivity contribution is 5.73. The van der Waals surface area contributed by atoms with Gasteiger partial charge in [-0.05, 0) is 57.0 Å². The highest BCUT2D eigenvalue weighted by Gasteiger charge is 2.42. The molecular weight excluding hydrogens is 516 g/mol. The highest BCUT2D eigenvalue weighted by Crippen LogP contribution is 2.38. The van der Waals surface area contributed by atoms with Crippen molar-refractivity contribution in [2.45, 2.75) is 64.1 Å². The van der Waals surface area contributed by atoms with Crippen LogP contribution in [0.2, 0.25) is 0 Å². The Morgan fingerprint density at radius 1 is 0.921 bits per heavy atom. The maximum atomic E-state index is 13.2. The summed E-state index contributed by atoms with van der Waals surface area (Å²) in [6.07, 6.45) is -12.2. The molecule has 0 N–H and O–H groups in total. The van der Waals surface area contributed by atoms with Crippen molar-refractivity contribution in [1.29, 1.82) is 0 Å². The van der Waals surface area contributed by atoms with Crippen LogP contribution in [0.25, 0.3) is 0 Å². The molecule has 3 rings (SSSR count). The first-order valence-electron chi connectivity index (χ1n) is 11.9. The van der Waals surface area contributed by atoms with Gasteiger partial charge in [-0.25, -0.2) is 4.79 Å². The van der Waals surface area contributed by atoms with Gasteiger partial charge in [0.15, 0.2) is 0 Å². The van der Waals surface area contributed by atoms with Gasteiger partial charge in [-0.3, -0.25) is 4.79 Å². The molecule has 3 atom stereocenters. The quantitative estimate of drug-likeness (QED) is 0.305. The molecule has 0 aromatic heterocycles. The minimum absolute atomic E-state index is 0.00565. The molecular formula is C27H29F6NO4. The van der Waals surface area contributed by atoms with E-state index in [1.54, 1.807) is 27.7 Å². The average Bonchev–Trinajstić information content (AvgIpc) is 3.23. The number of amides is 1. The molecule has 0 saturated carbocycles. The van der Waals surface area contributed by atoms with Gasteiger partial charge in [-0.2, -0.15) is 26.3 Å². The van der Waals surface area contributed by atoms with Gasteiger partial charge >= 0.3 is 24.4 Å². The van der Waals surface area contributed by atoms with Crippen molar-refractivity contribution in [3.8, 4) is 0 Å².